The van der Waals surface area contributed by atoms with Crippen molar-refractivity contribution in [2.45, 2.75) is 25.3 Å². The number of hydrogen-bond acceptors (Lipinski definition) is 4. The maximum absolute atomic E-state index is 13.7. The van der Waals surface area contributed by atoms with Crippen LogP contribution in [0.3, 0.4) is 0 Å². The number of carbonyl (C=O) groups excluding carboxylic acids is 1. The van der Waals surface area contributed by atoms with Crippen LogP contribution in [-0.2, 0) is 20.9 Å². The summed E-state index contributed by atoms with van der Waals surface area (Å²) >= 11 is 2.88. The van der Waals surface area contributed by atoms with Gasteiger partial charge in [0.1, 0.15) is 10.9 Å². The topological polar surface area (TPSA) is 65.4 Å². The molecule has 2 aromatic carbocycles. The van der Waals surface area contributed by atoms with Gasteiger partial charge >= 0.3 is 12.1 Å². The molecule has 0 saturated heterocycles. The van der Waals surface area contributed by atoms with Crippen molar-refractivity contribution < 1.29 is 31.1 Å². The summed E-state index contributed by atoms with van der Waals surface area (Å²) in [7, 11) is -4.45. The lowest BCUT2D eigenvalue weighted by atomic mass is 10.1. The molecule has 0 bridgehead atoms. The van der Waals surface area contributed by atoms with Crippen LogP contribution in [0, 0.1) is 6.92 Å². The molecule has 0 spiro atoms. The SMILES string of the molecule is C=CC(c1ccc(C)cc1)S(=O)(=O)n1c(C(=O)OCC)cc2cc(Br)c(C(F)(F)F)cc21. The maximum atomic E-state index is 13.7. The van der Waals surface area contributed by atoms with Crippen LogP contribution in [0.15, 0.2) is 59.6 Å². The van der Waals surface area contributed by atoms with E-state index in [1.165, 1.54) is 19.1 Å². The summed E-state index contributed by atoms with van der Waals surface area (Å²) in [5.74, 6) is -0.969. The molecule has 170 valence electrons. The van der Waals surface area contributed by atoms with Gasteiger partial charge in [0.25, 0.3) is 0 Å². The van der Waals surface area contributed by atoms with Gasteiger partial charge in [0.15, 0.2) is 0 Å². The number of benzene rings is 2. The van der Waals surface area contributed by atoms with Crippen molar-refractivity contribution in [2.75, 3.05) is 6.61 Å². The van der Waals surface area contributed by atoms with Crippen LogP contribution in [0.4, 0.5) is 13.2 Å². The molecule has 32 heavy (non-hydrogen) atoms. The highest BCUT2D eigenvalue weighted by Crippen LogP contribution is 2.39. The Balaban J connectivity index is 2.36. The van der Waals surface area contributed by atoms with E-state index >= 15 is 0 Å². The third kappa shape index (κ3) is 4.33. The molecule has 1 heterocycles. The lowest BCUT2D eigenvalue weighted by molar-refractivity contribution is -0.138. The lowest BCUT2D eigenvalue weighted by Gasteiger charge is -2.19. The highest BCUT2D eigenvalue weighted by molar-refractivity contribution is 9.10. The van der Waals surface area contributed by atoms with Crippen LogP contribution in [-0.4, -0.2) is 25.0 Å². The highest BCUT2D eigenvalue weighted by Gasteiger charge is 2.37. The maximum Gasteiger partial charge on any atom is 0.417 e. The summed E-state index contributed by atoms with van der Waals surface area (Å²) in [5.41, 5.74) is -0.502. The second-order valence-electron chi connectivity index (χ2n) is 7.02. The van der Waals surface area contributed by atoms with Gasteiger partial charge in [-0.2, -0.15) is 13.2 Å². The van der Waals surface area contributed by atoms with E-state index in [0.29, 0.717) is 15.6 Å². The molecule has 0 radical (unpaired) electrons. The van der Waals surface area contributed by atoms with E-state index in [0.717, 1.165) is 11.6 Å². The first-order chi connectivity index (χ1) is 14.9. The molecule has 10 heteroatoms. The zero-order chi connectivity index (χ0) is 23.8. The molecule has 0 saturated carbocycles. The van der Waals surface area contributed by atoms with Gasteiger partial charge in [-0.1, -0.05) is 51.8 Å². The second-order valence-corrected chi connectivity index (χ2v) is 9.77. The zero-order valence-corrected chi connectivity index (χ0v) is 19.5. The monoisotopic (exact) mass is 529 g/mol. The minimum atomic E-state index is -4.75. The minimum Gasteiger partial charge on any atom is -0.461 e. The van der Waals surface area contributed by atoms with E-state index in [9.17, 15) is 26.4 Å². The van der Waals surface area contributed by atoms with Crippen molar-refractivity contribution in [2.24, 2.45) is 0 Å². The Kier molecular flexibility index (Phi) is 6.57. The number of alkyl halides is 3. The fourth-order valence-corrected chi connectivity index (χ4v) is 5.73. The van der Waals surface area contributed by atoms with Gasteiger partial charge in [-0.3, -0.25) is 0 Å². The summed E-state index contributed by atoms with van der Waals surface area (Å²) in [6, 6.07) is 9.63. The van der Waals surface area contributed by atoms with E-state index < -0.39 is 38.7 Å². The van der Waals surface area contributed by atoms with Gasteiger partial charge in [0.2, 0.25) is 10.0 Å². The number of carbonyl (C=O) groups is 1. The largest absolute Gasteiger partial charge is 0.461 e. The number of esters is 1. The van der Waals surface area contributed by atoms with E-state index in [1.54, 1.807) is 24.3 Å². The molecule has 0 fully saturated rings. The molecule has 3 aromatic rings. The third-order valence-corrected chi connectivity index (χ3v) is 7.50. The van der Waals surface area contributed by atoms with Crippen molar-refractivity contribution >= 4 is 42.8 Å². The van der Waals surface area contributed by atoms with Crippen LogP contribution < -0.4 is 0 Å². The summed E-state index contributed by atoms with van der Waals surface area (Å²) in [4.78, 5) is 12.6. The van der Waals surface area contributed by atoms with Crippen LogP contribution in [0.1, 0.15) is 39.4 Å². The van der Waals surface area contributed by atoms with Gasteiger partial charge in [0.05, 0.1) is 17.7 Å². The second kappa shape index (κ2) is 8.74. The summed E-state index contributed by atoms with van der Waals surface area (Å²) < 4.78 is 73.3. The minimum absolute atomic E-state index is 0.0409. The number of fused-ring (bicyclic) bond motifs is 1. The average molecular weight is 530 g/mol. The molecule has 1 atom stereocenters. The van der Waals surface area contributed by atoms with Gasteiger partial charge < -0.3 is 4.74 Å². The molecular weight excluding hydrogens is 511 g/mol. The number of aromatic nitrogens is 1. The smallest absolute Gasteiger partial charge is 0.417 e. The van der Waals surface area contributed by atoms with Crippen molar-refractivity contribution in [3.05, 3.63) is 82.0 Å². The van der Waals surface area contributed by atoms with Gasteiger partial charge in [-0.25, -0.2) is 17.2 Å². The molecule has 0 amide bonds. The predicted molar refractivity (Wildman–Crippen MR) is 119 cm³/mol. The Morgan fingerprint density at radius 3 is 2.38 bits per heavy atom. The van der Waals surface area contributed by atoms with Crippen LogP contribution in [0.5, 0.6) is 0 Å². The number of halogens is 4. The van der Waals surface area contributed by atoms with E-state index in [2.05, 4.69) is 22.5 Å². The molecule has 0 aliphatic rings. The van der Waals surface area contributed by atoms with Gasteiger partial charge in [0, 0.05) is 9.86 Å². The summed E-state index contributed by atoms with van der Waals surface area (Å²) in [5, 5.41) is -1.19. The Labute approximate surface area is 191 Å². The first-order valence-corrected chi connectivity index (χ1v) is 11.7. The molecule has 1 aromatic heterocycles. The molecular formula is C22H19BrF3NO4S. The Morgan fingerprint density at radius 1 is 1.22 bits per heavy atom. The van der Waals surface area contributed by atoms with Crippen molar-refractivity contribution in [3.8, 4) is 0 Å². The van der Waals surface area contributed by atoms with E-state index in [4.69, 9.17) is 4.74 Å². The summed E-state index contributed by atoms with van der Waals surface area (Å²) in [6.07, 6.45) is -3.57. The van der Waals surface area contributed by atoms with E-state index in [1.807, 2.05) is 6.92 Å². The van der Waals surface area contributed by atoms with Crippen molar-refractivity contribution in [1.82, 2.24) is 3.97 Å². The van der Waals surface area contributed by atoms with Gasteiger partial charge in [-0.05, 0) is 37.6 Å². The fraction of sp³-hybridized carbons (Fsp3) is 0.227. The standard InChI is InChI=1S/C22H19BrF3NO4S/c1-4-20(14-8-6-13(3)7-9-14)32(29,30)27-18-12-16(22(24,25)26)17(23)10-15(18)11-19(27)21(28)31-5-2/h4,6-12,20H,1,5H2,2-3H3. The fourth-order valence-electron chi connectivity index (χ4n) is 3.34. The number of rotatable bonds is 6. The average Bonchev–Trinajstić information content (AvgIpc) is 3.08. The van der Waals surface area contributed by atoms with Crippen LogP contribution in [0.2, 0.25) is 0 Å². The zero-order valence-electron chi connectivity index (χ0n) is 17.1. The molecule has 3 rings (SSSR count). The van der Waals surface area contributed by atoms with Crippen molar-refractivity contribution in [1.29, 1.82) is 0 Å². The number of ether oxygens (including phenoxy) is 1. The highest BCUT2D eigenvalue weighted by atomic mass is 79.9. The summed E-state index contributed by atoms with van der Waals surface area (Å²) in [6.45, 7) is 6.93. The van der Waals surface area contributed by atoms with E-state index in [-0.39, 0.29) is 22.0 Å². The quantitative estimate of drug-likeness (QED) is 0.289. The van der Waals surface area contributed by atoms with Crippen molar-refractivity contribution in [3.63, 3.8) is 0 Å². The third-order valence-electron chi connectivity index (χ3n) is 4.83. The molecule has 0 aliphatic carbocycles. The molecule has 0 N–H and O–H groups in total. The number of nitrogens with zero attached hydrogens (tertiary/aromatic N) is 1. The normalized spacial score (nSPS) is 13.2. The molecule has 0 aliphatic heterocycles. The molecule has 1 unspecified atom stereocenters. The first-order valence-electron chi connectivity index (χ1n) is 9.44. The molecule has 5 nitrogen and oxygen atoms in total. The van der Waals surface area contributed by atoms with Gasteiger partial charge in [-0.15, -0.1) is 6.58 Å². The number of hydrogen-bond donors (Lipinski definition) is 0. The number of aryl methyl sites for hydroxylation is 1. The Morgan fingerprint density at radius 2 is 1.84 bits per heavy atom. The lowest BCUT2D eigenvalue weighted by Crippen LogP contribution is -2.24. The predicted octanol–water partition coefficient (Wildman–Crippen LogP) is 6.01. The van der Waals surface area contributed by atoms with Crippen LogP contribution in [0.25, 0.3) is 10.9 Å². The Hall–Kier alpha value is -2.59. The van der Waals surface area contributed by atoms with Crippen LogP contribution >= 0.6 is 15.9 Å². The Bertz CT molecular complexity index is 1300. The first kappa shape index (κ1) is 24.1.